The Kier molecular flexibility index (Phi) is 7.48. The normalized spacial score (nSPS) is 20.7. The number of benzene rings is 3. The van der Waals surface area contributed by atoms with Gasteiger partial charge in [-0.25, -0.2) is 13.1 Å². The van der Waals surface area contributed by atoms with Gasteiger partial charge in [0.1, 0.15) is 6.04 Å². The molecule has 2 atom stereocenters. The molecule has 1 amide bonds. The van der Waals surface area contributed by atoms with Crippen LogP contribution >= 0.6 is 0 Å². The standard InChI is InChI=1S/C33H36N6O3S/c40-33-32(39(31-14-6-5-13-29(31)34-33)43(41,42)27-11-3-1-4-12-27)21-26-23-38(36-35-26)30-15-9-10-25-20-24(16-17-28(25)30)22-37-18-7-2-8-19-37/h1,3-6,11-14,16-17,20,23,30,32H,2,7-10,15,18-19,21-22H2,(H,34,40)/t30?,32-/m1/s1. The number of nitrogens with one attached hydrogen (secondary N) is 1. The van der Waals surface area contributed by atoms with Crippen LogP contribution < -0.4 is 9.62 Å². The molecule has 3 heterocycles. The number of anilines is 2. The Morgan fingerprint density at radius 1 is 0.907 bits per heavy atom. The van der Waals surface area contributed by atoms with Crippen molar-refractivity contribution in [2.45, 2.75) is 68.5 Å². The largest absolute Gasteiger partial charge is 0.322 e. The monoisotopic (exact) mass is 596 g/mol. The predicted octanol–water partition coefficient (Wildman–Crippen LogP) is 4.95. The third kappa shape index (κ3) is 5.45. The average molecular weight is 597 g/mol. The first kappa shape index (κ1) is 27.8. The molecule has 4 aromatic rings. The van der Waals surface area contributed by atoms with E-state index >= 15 is 0 Å². The van der Waals surface area contributed by atoms with Gasteiger partial charge in [0, 0.05) is 19.2 Å². The van der Waals surface area contributed by atoms with Crippen molar-refractivity contribution in [1.82, 2.24) is 19.9 Å². The van der Waals surface area contributed by atoms with Crippen LogP contribution in [0.2, 0.25) is 0 Å². The Morgan fingerprint density at radius 2 is 1.70 bits per heavy atom. The predicted molar refractivity (Wildman–Crippen MR) is 165 cm³/mol. The molecular formula is C33H36N6O3S. The zero-order chi connectivity index (χ0) is 29.4. The van der Waals surface area contributed by atoms with E-state index in [9.17, 15) is 13.2 Å². The molecule has 0 spiro atoms. The lowest BCUT2D eigenvalue weighted by atomic mass is 9.86. The number of piperidine rings is 1. The second-order valence-electron chi connectivity index (χ2n) is 11.8. The molecule has 1 aromatic heterocycles. The number of nitrogens with zero attached hydrogens (tertiary/aromatic N) is 5. The van der Waals surface area contributed by atoms with Crippen molar-refractivity contribution >= 4 is 27.3 Å². The van der Waals surface area contributed by atoms with E-state index in [1.165, 1.54) is 53.3 Å². The lowest BCUT2D eigenvalue weighted by Crippen LogP contribution is -2.52. The van der Waals surface area contributed by atoms with Crippen LogP contribution in [-0.2, 0) is 34.2 Å². The summed E-state index contributed by atoms with van der Waals surface area (Å²) < 4.78 is 31.0. The fourth-order valence-electron chi connectivity index (χ4n) is 6.79. The molecule has 1 saturated heterocycles. The third-order valence-corrected chi connectivity index (χ3v) is 10.7. The van der Waals surface area contributed by atoms with E-state index in [0.29, 0.717) is 17.1 Å². The van der Waals surface area contributed by atoms with Crippen LogP contribution in [0.4, 0.5) is 11.4 Å². The molecule has 222 valence electrons. The average Bonchev–Trinajstić information content (AvgIpc) is 3.50. The summed E-state index contributed by atoms with van der Waals surface area (Å²) in [6.45, 7) is 3.35. The summed E-state index contributed by atoms with van der Waals surface area (Å²) in [5.74, 6) is -0.392. The maximum Gasteiger partial charge on any atom is 0.265 e. The van der Waals surface area contributed by atoms with E-state index in [1.54, 1.807) is 54.6 Å². The Labute approximate surface area is 252 Å². The maximum absolute atomic E-state index is 13.9. The minimum absolute atomic E-state index is 0.0547. The topological polar surface area (TPSA) is 100 Å². The molecule has 2 aliphatic heterocycles. The number of likely N-dealkylation sites (tertiary alicyclic amines) is 1. The molecule has 7 rings (SSSR count). The van der Waals surface area contributed by atoms with Crippen LogP contribution in [0, 0.1) is 0 Å². The van der Waals surface area contributed by atoms with Crippen molar-refractivity contribution in [3.8, 4) is 0 Å². The fourth-order valence-corrected chi connectivity index (χ4v) is 8.44. The molecule has 9 nitrogen and oxygen atoms in total. The van der Waals surface area contributed by atoms with Gasteiger partial charge in [-0.15, -0.1) is 5.10 Å². The summed E-state index contributed by atoms with van der Waals surface area (Å²) in [7, 11) is -4.03. The molecule has 0 radical (unpaired) electrons. The van der Waals surface area contributed by atoms with Crippen molar-refractivity contribution < 1.29 is 13.2 Å². The van der Waals surface area contributed by atoms with Crippen LogP contribution in [0.25, 0.3) is 0 Å². The van der Waals surface area contributed by atoms with Crippen molar-refractivity contribution in [1.29, 1.82) is 0 Å². The number of sulfonamides is 1. The van der Waals surface area contributed by atoms with E-state index < -0.39 is 22.0 Å². The SMILES string of the molecule is O=C1Nc2ccccc2N(S(=O)(=O)c2ccccc2)[C@@H]1Cc1cn(C2CCCc3cc(CN4CCCCC4)ccc32)nn1. The van der Waals surface area contributed by atoms with Gasteiger partial charge in [-0.1, -0.05) is 60.2 Å². The highest BCUT2D eigenvalue weighted by atomic mass is 32.2. The van der Waals surface area contributed by atoms with Gasteiger partial charge in [0.2, 0.25) is 5.91 Å². The molecule has 1 fully saturated rings. The Balaban J connectivity index is 1.15. The highest BCUT2D eigenvalue weighted by Crippen LogP contribution is 2.38. The van der Waals surface area contributed by atoms with Crippen molar-refractivity contribution in [3.63, 3.8) is 0 Å². The molecule has 10 heteroatoms. The quantitative estimate of drug-likeness (QED) is 0.324. The summed E-state index contributed by atoms with van der Waals surface area (Å²) >= 11 is 0. The molecule has 43 heavy (non-hydrogen) atoms. The van der Waals surface area contributed by atoms with E-state index in [-0.39, 0.29) is 17.4 Å². The van der Waals surface area contributed by atoms with Crippen molar-refractivity contribution in [3.05, 3.63) is 101 Å². The number of amides is 1. The first-order valence-corrected chi connectivity index (χ1v) is 16.7. The molecule has 3 aliphatic rings. The molecular weight excluding hydrogens is 560 g/mol. The molecule has 1 N–H and O–H groups in total. The number of carbonyl (C=O) groups is 1. The summed E-state index contributed by atoms with van der Waals surface area (Å²) in [4.78, 5) is 16.1. The minimum Gasteiger partial charge on any atom is -0.322 e. The number of para-hydroxylation sites is 2. The Bertz CT molecular complexity index is 1730. The highest BCUT2D eigenvalue weighted by Gasteiger charge is 2.41. The van der Waals surface area contributed by atoms with Gasteiger partial charge in [0.15, 0.2) is 0 Å². The smallest absolute Gasteiger partial charge is 0.265 e. The maximum atomic E-state index is 13.9. The van der Waals surface area contributed by atoms with Gasteiger partial charge in [-0.3, -0.25) is 14.0 Å². The van der Waals surface area contributed by atoms with Crippen LogP contribution in [0.1, 0.15) is 60.5 Å². The minimum atomic E-state index is -4.03. The molecule has 1 unspecified atom stereocenters. The van der Waals surface area contributed by atoms with Gasteiger partial charge in [0.05, 0.1) is 28.0 Å². The number of fused-ring (bicyclic) bond motifs is 2. The first-order chi connectivity index (χ1) is 21.0. The van der Waals surface area contributed by atoms with E-state index in [0.717, 1.165) is 25.8 Å². The third-order valence-electron chi connectivity index (χ3n) is 8.91. The van der Waals surface area contributed by atoms with Crippen molar-refractivity contribution in [2.24, 2.45) is 0 Å². The number of hydrogen-bond donors (Lipinski definition) is 1. The summed E-state index contributed by atoms with van der Waals surface area (Å²) in [6.07, 6.45) is 8.94. The summed E-state index contributed by atoms with van der Waals surface area (Å²) in [6, 6.07) is 21.1. The number of hydrogen-bond acceptors (Lipinski definition) is 6. The Hall–Kier alpha value is -4.02. The lowest BCUT2D eigenvalue weighted by Gasteiger charge is -2.36. The number of aryl methyl sites for hydroxylation is 1. The van der Waals surface area contributed by atoms with Gasteiger partial charge in [0.25, 0.3) is 10.0 Å². The van der Waals surface area contributed by atoms with Gasteiger partial charge >= 0.3 is 0 Å². The fraction of sp³-hybridized carbons (Fsp3) is 0.364. The van der Waals surface area contributed by atoms with Crippen LogP contribution in [-0.4, -0.2) is 53.4 Å². The molecule has 0 bridgehead atoms. The second kappa shape index (κ2) is 11.6. The molecule has 3 aromatic carbocycles. The summed E-state index contributed by atoms with van der Waals surface area (Å²) in [5, 5.41) is 11.8. The highest BCUT2D eigenvalue weighted by molar-refractivity contribution is 7.93. The van der Waals surface area contributed by atoms with Crippen LogP contribution in [0.15, 0.2) is 83.9 Å². The molecule has 1 aliphatic carbocycles. The Morgan fingerprint density at radius 3 is 2.53 bits per heavy atom. The lowest BCUT2D eigenvalue weighted by molar-refractivity contribution is -0.117. The van der Waals surface area contributed by atoms with Crippen molar-refractivity contribution in [2.75, 3.05) is 22.7 Å². The van der Waals surface area contributed by atoms with Crippen LogP contribution in [0.5, 0.6) is 0 Å². The zero-order valence-electron chi connectivity index (χ0n) is 24.1. The van der Waals surface area contributed by atoms with Gasteiger partial charge < -0.3 is 5.32 Å². The van der Waals surface area contributed by atoms with Gasteiger partial charge in [-0.05, 0) is 86.1 Å². The van der Waals surface area contributed by atoms with Crippen LogP contribution in [0.3, 0.4) is 0 Å². The summed E-state index contributed by atoms with van der Waals surface area (Å²) in [5.41, 5.74) is 5.47. The molecule has 0 saturated carbocycles. The number of aromatic nitrogens is 3. The first-order valence-electron chi connectivity index (χ1n) is 15.2. The number of carbonyl (C=O) groups excluding carboxylic acids is 1. The number of rotatable bonds is 7. The second-order valence-corrected chi connectivity index (χ2v) is 13.6. The van der Waals surface area contributed by atoms with E-state index in [4.69, 9.17) is 0 Å². The van der Waals surface area contributed by atoms with Gasteiger partial charge in [-0.2, -0.15) is 0 Å². The van der Waals surface area contributed by atoms with E-state index in [1.807, 2.05) is 10.9 Å². The zero-order valence-corrected chi connectivity index (χ0v) is 24.9. The van der Waals surface area contributed by atoms with E-state index in [2.05, 4.69) is 38.7 Å².